The second-order valence-corrected chi connectivity index (χ2v) is 7.71. The fourth-order valence-corrected chi connectivity index (χ4v) is 3.64. The third kappa shape index (κ3) is 7.70. The summed E-state index contributed by atoms with van der Waals surface area (Å²) < 4.78 is 0. The van der Waals surface area contributed by atoms with Gasteiger partial charge in [0, 0.05) is 63.3 Å². The Kier molecular flexibility index (Phi) is 9.33. The van der Waals surface area contributed by atoms with E-state index in [0.717, 1.165) is 78.0 Å². The SMILES string of the molecule is NCC1(N)CNCCNCC(N)C2CNCCC=C(CCCNC2)C1. The average Bonchev–Trinajstić information content (AvgIpc) is 2.59. The van der Waals surface area contributed by atoms with E-state index in [1.54, 1.807) is 0 Å². The van der Waals surface area contributed by atoms with Gasteiger partial charge < -0.3 is 38.5 Å². The van der Waals surface area contributed by atoms with Crippen molar-refractivity contribution in [1.82, 2.24) is 21.3 Å². The molecule has 3 heterocycles. The highest BCUT2D eigenvalue weighted by molar-refractivity contribution is 5.10. The highest BCUT2D eigenvalue weighted by Crippen LogP contribution is 2.19. The summed E-state index contributed by atoms with van der Waals surface area (Å²) in [6, 6.07) is 0.152. The third-order valence-corrected chi connectivity index (χ3v) is 5.35. The fourth-order valence-electron chi connectivity index (χ4n) is 3.64. The largest absolute Gasteiger partial charge is 0.329 e. The highest BCUT2D eigenvalue weighted by Gasteiger charge is 2.24. The van der Waals surface area contributed by atoms with Crippen LogP contribution >= 0.6 is 0 Å². The Labute approximate surface area is 152 Å². The van der Waals surface area contributed by atoms with Gasteiger partial charge in [0.2, 0.25) is 0 Å². The number of fused-ring (bicyclic) bond motifs is 16. The van der Waals surface area contributed by atoms with E-state index < -0.39 is 0 Å². The molecule has 1 saturated heterocycles. The van der Waals surface area contributed by atoms with E-state index >= 15 is 0 Å². The van der Waals surface area contributed by atoms with E-state index in [1.807, 2.05) is 0 Å². The first-order valence-electron chi connectivity index (χ1n) is 9.88. The molecule has 0 aromatic heterocycles. The van der Waals surface area contributed by atoms with Crippen LogP contribution in [0.25, 0.3) is 0 Å². The van der Waals surface area contributed by atoms with Gasteiger partial charge in [0.1, 0.15) is 0 Å². The Bertz CT molecular complexity index is 401. The molecule has 0 aliphatic carbocycles. The van der Waals surface area contributed by atoms with Crippen molar-refractivity contribution in [2.24, 2.45) is 23.1 Å². The van der Waals surface area contributed by atoms with Gasteiger partial charge in [-0.25, -0.2) is 0 Å². The maximum Gasteiger partial charge on any atom is 0.0442 e. The van der Waals surface area contributed by atoms with Crippen molar-refractivity contribution in [3.63, 3.8) is 0 Å². The molecule has 0 amide bonds. The first kappa shape index (κ1) is 20.8. The van der Waals surface area contributed by atoms with E-state index in [2.05, 4.69) is 27.3 Å². The second-order valence-electron chi connectivity index (χ2n) is 7.71. The minimum Gasteiger partial charge on any atom is -0.329 e. The van der Waals surface area contributed by atoms with Crippen molar-refractivity contribution in [2.45, 2.75) is 37.3 Å². The monoisotopic (exact) mass is 353 g/mol. The second kappa shape index (κ2) is 11.2. The van der Waals surface area contributed by atoms with Crippen molar-refractivity contribution in [3.05, 3.63) is 11.6 Å². The minimum absolute atomic E-state index is 0.152. The molecule has 1 fully saturated rings. The van der Waals surface area contributed by atoms with Crippen LogP contribution in [0.5, 0.6) is 0 Å². The van der Waals surface area contributed by atoms with Crippen LogP contribution in [0.2, 0.25) is 0 Å². The molecule has 2 bridgehead atoms. The van der Waals surface area contributed by atoms with Gasteiger partial charge in [-0.15, -0.1) is 0 Å². The van der Waals surface area contributed by atoms with Gasteiger partial charge in [-0.1, -0.05) is 11.6 Å². The maximum absolute atomic E-state index is 6.59. The van der Waals surface area contributed by atoms with Gasteiger partial charge in [-0.3, -0.25) is 0 Å². The van der Waals surface area contributed by atoms with Gasteiger partial charge in [-0.2, -0.15) is 0 Å². The quantitative estimate of drug-likeness (QED) is 0.285. The third-order valence-electron chi connectivity index (χ3n) is 5.35. The summed E-state index contributed by atoms with van der Waals surface area (Å²) in [5, 5.41) is 14.1. The lowest BCUT2D eigenvalue weighted by atomic mass is 9.88. The molecular weight excluding hydrogens is 314 g/mol. The van der Waals surface area contributed by atoms with Gasteiger partial charge in [0.15, 0.2) is 0 Å². The van der Waals surface area contributed by atoms with Gasteiger partial charge in [0.05, 0.1) is 0 Å². The zero-order valence-electron chi connectivity index (χ0n) is 15.7. The van der Waals surface area contributed by atoms with E-state index in [0.29, 0.717) is 12.5 Å². The molecule has 0 aromatic rings. The molecule has 0 saturated carbocycles. The molecule has 3 atom stereocenters. The molecule has 3 aliphatic rings. The van der Waals surface area contributed by atoms with Crippen LogP contribution in [-0.4, -0.2) is 70.5 Å². The Morgan fingerprint density at radius 1 is 1.00 bits per heavy atom. The normalized spacial score (nSPS) is 34.6. The van der Waals surface area contributed by atoms with Crippen LogP contribution in [0.3, 0.4) is 0 Å². The molecule has 0 spiro atoms. The van der Waals surface area contributed by atoms with E-state index in [-0.39, 0.29) is 11.6 Å². The summed E-state index contributed by atoms with van der Waals surface area (Å²) in [5.41, 5.74) is 20.1. The predicted molar refractivity (Wildman–Crippen MR) is 105 cm³/mol. The van der Waals surface area contributed by atoms with Crippen LogP contribution in [-0.2, 0) is 0 Å². The zero-order valence-corrected chi connectivity index (χ0v) is 15.7. The Morgan fingerprint density at radius 2 is 1.72 bits per heavy atom. The average molecular weight is 354 g/mol. The molecular formula is C18H39N7. The molecule has 3 rings (SSSR count). The summed E-state index contributed by atoms with van der Waals surface area (Å²) in [7, 11) is 0. The molecule has 3 aliphatic heterocycles. The summed E-state index contributed by atoms with van der Waals surface area (Å²) in [6.45, 7) is 7.78. The minimum atomic E-state index is -0.373. The van der Waals surface area contributed by atoms with Crippen molar-refractivity contribution < 1.29 is 0 Å². The summed E-state index contributed by atoms with van der Waals surface area (Å²) in [6.07, 6.45) is 6.50. The van der Waals surface area contributed by atoms with Crippen molar-refractivity contribution >= 4 is 0 Å². The van der Waals surface area contributed by atoms with E-state index in [4.69, 9.17) is 17.2 Å². The molecule has 7 heteroatoms. The van der Waals surface area contributed by atoms with Crippen molar-refractivity contribution in [1.29, 1.82) is 0 Å². The van der Waals surface area contributed by atoms with Gasteiger partial charge in [0.25, 0.3) is 0 Å². The molecule has 25 heavy (non-hydrogen) atoms. The van der Waals surface area contributed by atoms with Crippen LogP contribution < -0.4 is 38.5 Å². The Morgan fingerprint density at radius 3 is 2.52 bits per heavy atom. The molecule has 3 unspecified atom stereocenters. The van der Waals surface area contributed by atoms with Crippen molar-refractivity contribution in [3.8, 4) is 0 Å². The summed E-state index contributed by atoms with van der Waals surface area (Å²) >= 11 is 0. The highest BCUT2D eigenvalue weighted by atomic mass is 15.0. The standard InChI is InChI=1S/C18H39N7/c19-13-18(21)9-15-3-1-5-22-10-16(11-23-6-2-4-15)17(20)12-24-7-8-25-14-18/h3,16-17,22-25H,1-2,4-14,19-21H2. The fraction of sp³-hybridized carbons (Fsp3) is 0.889. The molecule has 10 N–H and O–H groups in total. The number of hydrogen-bond acceptors (Lipinski definition) is 7. The van der Waals surface area contributed by atoms with Gasteiger partial charge >= 0.3 is 0 Å². The maximum atomic E-state index is 6.59. The summed E-state index contributed by atoms with van der Waals surface area (Å²) in [4.78, 5) is 0. The predicted octanol–water partition coefficient (Wildman–Crippen LogP) is -1.54. The first-order valence-corrected chi connectivity index (χ1v) is 9.88. The Hall–Kier alpha value is -0.540. The Balaban J connectivity index is 2.10. The number of hydrogen-bond donors (Lipinski definition) is 7. The number of nitrogens with one attached hydrogen (secondary N) is 4. The van der Waals surface area contributed by atoms with Crippen LogP contribution in [0.4, 0.5) is 0 Å². The van der Waals surface area contributed by atoms with Crippen LogP contribution in [0, 0.1) is 5.92 Å². The smallest absolute Gasteiger partial charge is 0.0442 e. The van der Waals surface area contributed by atoms with E-state index in [9.17, 15) is 0 Å². The number of nitrogens with two attached hydrogens (primary N) is 3. The number of rotatable bonds is 1. The van der Waals surface area contributed by atoms with Crippen LogP contribution in [0.1, 0.15) is 25.7 Å². The molecule has 7 nitrogen and oxygen atoms in total. The van der Waals surface area contributed by atoms with Crippen LogP contribution in [0.15, 0.2) is 11.6 Å². The lowest BCUT2D eigenvalue weighted by molar-refractivity contribution is 0.352. The molecule has 0 radical (unpaired) electrons. The van der Waals surface area contributed by atoms with E-state index in [1.165, 1.54) is 5.57 Å². The summed E-state index contributed by atoms with van der Waals surface area (Å²) in [5.74, 6) is 0.449. The molecule has 0 aromatic carbocycles. The lowest BCUT2D eigenvalue weighted by Crippen LogP contribution is -2.55. The molecule has 146 valence electrons. The zero-order chi connectivity index (χ0) is 18.0. The topological polar surface area (TPSA) is 126 Å². The first-order chi connectivity index (χ1) is 12.1. The lowest BCUT2D eigenvalue weighted by Gasteiger charge is -2.31. The van der Waals surface area contributed by atoms with Crippen molar-refractivity contribution in [2.75, 3.05) is 58.9 Å². The van der Waals surface area contributed by atoms with Gasteiger partial charge in [-0.05, 0) is 38.8 Å².